The number of nitrogens with zero attached hydrogens (tertiary/aromatic N) is 3. The second kappa shape index (κ2) is 5.48. The molecular weight excluding hydrogens is 266 g/mol. The van der Waals surface area contributed by atoms with Crippen LogP contribution in [-0.4, -0.2) is 46.5 Å². The second-order valence-electron chi connectivity index (χ2n) is 5.91. The van der Waals surface area contributed by atoms with Gasteiger partial charge < -0.3 is 14.0 Å². The third-order valence-corrected chi connectivity index (χ3v) is 4.26. The lowest BCUT2D eigenvalue weighted by Gasteiger charge is -2.19. The molecule has 5 heteroatoms. The first-order valence-corrected chi connectivity index (χ1v) is 7.39. The fraction of sp³-hybridized carbons (Fsp3) is 0.500. The number of aromatic nitrogens is 2. The van der Waals surface area contributed by atoms with Crippen molar-refractivity contribution < 1.29 is 9.53 Å². The monoisotopic (exact) mass is 287 g/mol. The first-order valence-electron chi connectivity index (χ1n) is 7.39. The van der Waals surface area contributed by atoms with Crippen molar-refractivity contribution in [2.45, 2.75) is 32.2 Å². The molecule has 0 N–H and O–H groups in total. The Labute approximate surface area is 124 Å². The van der Waals surface area contributed by atoms with Crippen LogP contribution in [-0.2, 0) is 4.74 Å². The van der Waals surface area contributed by atoms with Crippen molar-refractivity contribution in [2.24, 2.45) is 0 Å². The standard InChI is InChI=1S/C16H21N3O2/c1-11(2)18-7-6-12(8-18)14-10-19-9-13(16(20)21-3)4-5-15(19)17-14/h4-5,9-12H,6-8H2,1-3H3. The maximum Gasteiger partial charge on any atom is 0.339 e. The molecule has 1 aliphatic heterocycles. The fourth-order valence-electron chi connectivity index (χ4n) is 2.94. The zero-order chi connectivity index (χ0) is 15.0. The number of esters is 1. The molecule has 21 heavy (non-hydrogen) atoms. The van der Waals surface area contributed by atoms with E-state index in [-0.39, 0.29) is 5.97 Å². The number of imidazole rings is 1. The van der Waals surface area contributed by atoms with Crippen molar-refractivity contribution >= 4 is 11.6 Å². The van der Waals surface area contributed by atoms with Gasteiger partial charge in [0.2, 0.25) is 0 Å². The Morgan fingerprint density at radius 1 is 1.38 bits per heavy atom. The van der Waals surface area contributed by atoms with Crippen LogP contribution in [0.4, 0.5) is 0 Å². The lowest BCUT2D eigenvalue weighted by molar-refractivity contribution is 0.0600. The smallest absolute Gasteiger partial charge is 0.339 e. The van der Waals surface area contributed by atoms with Gasteiger partial charge in [-0.2, -0.15) is 0 Å². The van der Waals surface area contributed by atoms with Crippen molar-refractivity contribution in [2.75, 3.05) is 20.2 Å². The molecule has 2 aromatic heterocycles. The largest absolute Gasteiger partial charge is 0.465 e. The SMILES string of the molecule is COC(=O)c1ccc2nc(C3CCN(C(C)C)C3)cn2c1. The van der Waals surface area contributed by atoms with Crippen LogP contribution in [0.25, 0.3) is 5.65 Å². The predicted molar refractivity (Wildman–Crippen MR) is 80.6 cm³/mol. The molecule has 1 saturated heterocycles. The number of methoxy groups -OCH3 is 1. The lowest BCUT2D eigenvalue weighted by atomic mass is 10.1. The van der Waals surface area contributed by atoms with Gasteiger partial charge in [0.15, 0.2) is 0 Å². The van der Waals surface area contributed by atoms with E-state index >= 15 is 0 Å². The number of ether oxygens (including phenoxy) is 1. The normalized spacial score (nSPS) is 19.5. The molecule has 2 aromatic rings. The molecule has 0 aliphatic carbocycles. The third-order valence-electron chi connectivity index (χ3n) is 4.26. The summed E-state index contributed by atoms with van der Waals surface area (Å²) >= 11 is 0. The van der Waals surface area contributed by atoms with E-state index in [1.807, 2.05) is 16.7 Å². The van der Waals surface area contributed by atoms with Gasteiger partial charge in [-0.25, -0.2) is 9.78 Å². The molecule has 0 radical (unpaired) electrons. The van der Waals surface area contributed by atoms with Crippen LogP contribution in [0.2, 0.25) is 0 Å². The van der Waals surface area contributed by atoms with Gasteiger partial charge in [0.05, 0.1) is 18.4 Å². The van der Waals surface area contributed by atoms with Crippen molar-refractivity contribution in [3.63, 3.8) is 0 Å². The van der Waals surface area contributed by atoms with Gasteiger partial charge in [0.1, 0.15) is 5.65 Å². The van der Waals surface area contributed by atoms with Gasteiger partial charge in [0, 0.05) is 30.9 Å². The minimum atomic E-state index is -0.320. The van der Waals surface area contributed by atoms with Gasteiger partial charge >= 0.3 is 5.97 Å². The first-order chi connectivity index (χ1) is 10.1. The van der Waals surface area contributed by atoms with Crippen LogP contribution < -0.4 is 0 Å². The predicted octanol–water partition coefficient (Wildman–Crippen LogP) is 2.32. The Kier molecular flexibility index (Phi) is 3.68. The van der Waals surface area contributed by atoms with Crippen molar-refractivity contribution in [1.82, 2.24) is 14.3 Å². The quantitative estimate of drug-likeness (QED) is 0.813. The molecular formula is C16H21N3O2. The number of hydrogen-bond donors (Lipinski definition) is 0. The maximum absolute atomic E-state index is 11.6. The fourth-order valence-corrected chi connectivity index (χ4v) is 2.94. The molecule has 0 saturated carbocycles. The van der Waals surface area contributed by atoms with Crippen LogP contribution >= 0.6 is 0 Å². The van der Waals surface area contributed by atoms with E-state index in [2.05, 4.69) is 18.7 Å². The van der Waals surface area contributed by atoms with E-state index in [9.17, 15) is 4.79 Å². The van der Waals surface area contributed by atoms with Gasteiger partial charge in [-0.05, 0) is 38.9 Å². The van der Waals surface area contributed by atoms with Crippen molar-refractivity contribution in [3.05, 3.63) is 35.8 Å². The molecule has 3 rings (SSSR count). The summed E-state index contributed by atoms with van der Waals surface area (Å²) in [5, 5.41) is 0. The Hall–Kier alpha value is -1.88. The summed E-state index contributed by atoms with van der Waals surface area (Å²) in [6, 6.07) is 4.20. The van der Waals surface area contributed by atoms with Crippen LogP contribution in [0, 0.1) is 0 Å². The van der Waals surface area contributed by atoms with Crippen LogP contribution in [0.3, 0.4) is 0 Å². The average Bonchev–Trinajstić information content (AvgIpc) is 3.11. The Balaban J connectivity index is 1.86. The van der Waals surface area contributed by atoms with E-state index in [0.717, 1.165) is 30.9 Å². The summed E-state index contributed by atoms with van der Waals surface area (Å²) in [6.07, 6.45) is 4.97. The molecule has 0 spiro atoms. The van der Waals surface area contributed by atoms with Gasteiger partial charge in [-0.15, -0.1) is 0 Å². The number of likely N-dealkylation sites (tertiary alicyclic amines) is 1. The molecule has 0 aromatic carbocycles. The average molecular weight is 287 g/mol. The van der Waals surface area contributed by atoms with Gasteiger partial charge in [0.25, 0.3) is 0 Å². The molecule has 112 valence electrons. The summed E-state index contributed by atoms with van der Waals surface area (Å²) in [7, 11) is 1.39. The Morgan fingerprint density at radius 3 is 2.86 bits per heavy atom. The van der Waals surface area contributed by atoms with Gasteiger partial charge in [-0.3, -0.25) is 0 Å². The summed E-state index contributed by atoms with van der Waals surface area (Å²) in [4.78, 5) is 18.8. The molecule has 1 unspecified atom stereocenters. The third kappa shape index (κ3) is 2.65. The van der Waals surface area contributed by atoms with E-state index in [4.69, 9.17) is 9.72 Å². The molecule has 3 heterocycles. The molecule has 0 bridgehead atoms. The number of carbonyl (C=O) groups excluding carboxylic acids is 1. The molecule has 1 atom stereocenters. The van der Waals surface area contributed by atoms with Crippen LogP contribution in [0.15, 0.2) is 24.5 Å². The number of pyridine rings is 1. The second-order valence-corrected chi connectivity index (χ2v) is 5.91. The number of fused-ring (bicyclic) bond motifs is 1. The van der Waals surface area contributed by atoms with E-state index < -0.39 is 0 Å². The highest BCUT2D eigenvalue weighted by Gasteiger charge is 2.27. The Bertz CT molecular complexity index is 663. The van der Waals surface area contributed by atoms with E-state index in [1.54, 1.807) is 12.3 Å². The first kappa shape index (κ1) is 14.1. The topological polar surface area (TPSA) is 46.8 Å². The maximum atomic E-state index is 11.6. The highest BCUT2D eigenvalue weighted by molar-refractivity contribution is 5.89. The van der Waals surface area contributed by atoms with E-state index in [0.29, 0.717) is 17.5 Å². The summed E-state index contributed by atoms with van der Waals surface area (Å²) in [6.45, 7) is 6.65. The molecule has 0 amide bonds. The van der Waals surface area contributed by atoms with Crippen LogP contribution in [0.1, 0.15) is 42.2 Å². The highest BCUT2D eigenvalue weighted by atomic mass is 16.5. The zero-order valence-corrected chi connectivity index (χ0v) is 12.7. The van der Waals surface area contributed by atoms with Crippen molar-refractivity contribution in [1.29, 1.82) is 0 Å². The highest BCUT2D eigenvalue weighted by Crippen LogP contribution is 2.28. The minimum Gasteiger partial charge on any atom is -0.465 e. The summed E-state index contributed by atoms with van der Waals surface area (Å²) < 4.78 is 6.67. The number of carbonyl (C=O) groups is 1. The number of hydrogen-bond acceptors (Lipinski definition) is 4. The molecule has 1 fully saturated rings. The summed E-state index contributed by atoms with van der Waals surface area (Å²) in [5.41, 5.74) is 2.53. The zero-order valence-electron chi connectivity index (χ0n) is 12.7. The summed E-state index contributed by atoms with van der Waals surface area (Å²) in [5.74, 6) is 0.160. The molecule has 5 nitrogen and oxygen atoms in total. The van der Waals surface area contributed by atoms with Crippen LogP contribution in [0.5, 0.6) is 0 Å². The lowest BCUT2D eigenvalue weighted by Crippen LogP contribution is -2.27. The minimum absolute atomic E-state index is 0.320. The van der Waals surface area contributed by atoms with Gasteiger partial charge in [-0.1, -0.05) is 0 Å². The van der Waals surface area contributed by atoms with Crippen molar-refractivity contribution in [3.8, 4) is 0 Å². The van der Waals surface area contributed by atoms with E-state index in [1.165, 1.54) is 7.11 Å². The Morgan fingerprint density at radius 2 is 2.19 bits per heavy atom. The molecule has 1 aliphatic rings. The number of rotatable bonds is 3.